The highest BCUT2D eigenvalue weighted by molar-refractivity contribution is 5.10. The molecule has 5 nitrogen and oxygen atoms in total. The quantitative estimate of drug-likeness (QED) is 0.676. The van der Waals surface area contributed by atoms with Crippen molar-refractivity contribution < 1.29 is 5.11 Å². The SMILES string of the molecule is CCn1cnc(C(N)C2(O)CCNCC2)c1. The molecule has 1 saturated heterocycles. The summed E-state index contributed by atoms with van der Waals surface area (Å²) in [7, 11) is 0. The van der Waals surface area contributed by atoms with Crippen LogP contribution < -0.4 is 11.1 Å². The third-order valence-electron chi connectivity index (χ3n) is 3.39. The lowest BCUT2D eigenvalue weighted by molar-refractivity contribution is -0.0153. The third kappa shape index (κ3) is 2.11. The van der Waals surface area contributed by atoms with E-state index in [9.17, 15) is 5.11 Å². The zero-order valence-corrected chi connectivity index (χ0v) is 9.69. The van der Waals surface area contributed by atoms with E-state index in [0.717, 1.165) is 25.3 Å². The van der Waals surface area contributed by atoms with Crippen LogP contribution in [0.2, 0.25) is 0 Å². The molecule has 1 aromatic heterocycles. The van der Waals surface area contributed by atoms with Gasteiger partial charge in [-0.1, -0.05) is 0 Å². The molecule has 0 aliphatic carbocycles. The zero-order valence-electron chi connectivity index (χ0n) is 9.69. The van der Waals surface area contributed by atoms with Gasteiger partial charge in [0.1, 0.15) is 0 Å². The van der Waals surface area contributed by atoms with Crippen molar-refractivity contribution in [1.29, 1.82) is 0 Å². The molecule has 1 atom stereocenters. The van der Waals surface area contributed by atoms with Crippen LogP contribution in [0.5, 0.6) is 0 Å². The first kappa shape index (κ1) is 11.6. The molecule has 1 unspecified atom stereocenters. The Kier molecular flexibility index (Phi) is 3.28. The molecule has 1 aliphatic rings. The van der Waals surface area contributed by atoms with Crippen LogP contribution in [0.3, 0.4) is 0 Å². The fraction of sp³-hybridized carbons (Fsp3) is 0.727. The fourth-order valence-corrected chi connectivity index (χ4v) is 2.16. The topological polar surface area (TPSA) is 76.1 Å². The standard InChI is InChI=1S/C11H20N4O/c1-2-15-7-9(14-8-15)10(12)11(16)3-5-13-6-4-11/h7-8,10,13,16H,2-6,12H2,1H3. The summed E-state index contributed by atoms with van der Waals surface area (Å²) in [6.45, 7) is 4.56. The van der Waals surface area contributed by atoms with Crippen molar-refractivity contribution in [1.82, 2.24) is 14.9 Å². The van der Waals surface area contributed by atoms with Crippen LogP contribution in [0.15, 0.2) is 12.5 Å². The van der Waals surface area contributed by atoms with Gasteiger partial charge in [0.2, 0.25) is 0 Å². The predicted octanol–water partition coefficient (Wildman–Crippen LogP) is 0.0173. The lowest BCUT2D eigenvalue weighted by Gasteiger charge is -2.36. The molecule has 0 bridgehead atoms. The monoisotopic (exact) mass is 224 g/mol. The van der Waals surface area contributed by atoms with Crippen LogP contribution in [0.4, 0.5) is 0 Å². The summed E-state index contributed by atoms with van der Waals surface area (Å²) in [4.78, 5) is 4.26. The second-order valence-electron chi connectivity index (χ2n) is 4.46. The van der Waals surface area contributed by atoms with Crippen molar-refractivity contribution in [2.24, 2.45) is 5.73 Å². The number of nitrogens with one attached hydrogen (secondary N) is 1. The van der Waals surface area contributed by atoms with Gasteiger partial charge in [-0.05, 0) is 32.9 Å². The van der Waals surface area contributed by atoms with Crippen LogP contribution in [0, 0.1) is 0 Å². The molecule has 16 heavy (non-hydrogen) atoms. The number of aliphatic hydroxyl groups is 1. The molecular formula is C11H20N4O. The van der Waals surface area contributed by atoms with E-state index in [0.29, 0.717) is 12.8 Å². The predicted molar refractivity (Wildman–Crippen MR) is 61.9 cm³/mol. The average Bonchev–Trinajstić information content (AvgIpc) is 2.77. The van der Waals surface area contributed by atoms with E-state index in [-0.39, 0.29) is 6.04 Å². The van der Waals surface area contributed by atoms with Gasteiger partial charge < -0.3 is 20.7 Å². The zero-order chi connectivity index (χ0) is 11.6. The second-order valence-corrected chi connectivity index (χ2v) is 4.46. The fourth-order valence-electron chi connectivity index (χ4n) is 2.16. The number of hydrogen-bond donors (Lipinski definition) is 3. The summed E-state index contributed by atoms with van der Waals surface area (Å²) >= 11 is 0. The van der Waals surface area contributed by atoms with Gasteiger partial charge in [0.05, 0.1) is 23.7 Å². The minimum atomic E-state index is -0.807. The van der Waals surface area contributed by atoms with E-state index in [2.05, 4.69) is 17.2 Å². The van der Waals surface area contributed by atoms with Gasteiger partial charge in [-0.25, -0.2) is 4.98 Å². The van der Waals surface area contributed by atoms with E-state index < -0.39 is 5.60 Å². The van der Waals surface area contributed by atoms with Crippen molar-refractivity contribution in [3.63, 3.8) is 0 Å². The Bertz CT molecular complexity index is 344. The first-order valence-corrected chi connectivity index (χ1v) is 5.86. The largest absolute Gasteiger partial charge is 0.388 e. The van der Waals surface area contributed by atoms with Crippen LogP contribution in [0.1, 0.15) is 31.5 Å². The average molecular weight is 224 g/mol. The van der Waals surface area contributed by atoms with Gasteiger partial charge in [-0.2, -0.15) is 0 Å². The van der Waals surface area contributed by atoms with E-state index in [1.807, 2.05) is 10.8 Å². The Balaban J connectivity index is 2.13. The van der Waals surface area contributed by atoms with Gasteiger partial charge in [0, 0.05) is 12.7 Å². The molecule has 4 N–H and O–H groups in total. The molecule has 1 aliphatic heterocycles. The van der Waals surface area contributed by atoms with E-state index >= 15 is 0 Å². The summed E-state index contributed by atoms with van der Waals surface area (Å²) in [6, 6.07) is -0.387. The molecule has 2 heterocycles. The van der Waals surface area contributed by atoms with Crippen LogP contribution in [-0.2, 0) is 6.54 Å². The van der Waals surface area contributed by atoms with Gasteiger partial charge >= 0.3 is 0 Å². The number of nitrogens with two attached hydrogens (primary N) is 1. The molecule has 1 fully saturated rings. The molecular weight excluding hydrogens is 204 g/mol. The number of aryl methyl sites for hydroxylation is 1. The Morgan fingerprint density at radius 2 is 2.31 bits per heavy atom. The molecule has 5 heteroatoms. The highest BCUT2D eigenvalue weighted by Crippen LogP contribution is 2.30. The third-order valence-corrected chi connectivity index (χ3v) is 3.39. The molecule has 0 aromatic carbocycles. The first-order valence-electron chi connectivity index (χ1n) is 5.86. The minimum absolute atomic E-state index is 0.387. The number of aromatic nitrogens is 2. The maximum atomic E-state index is 10.5. The highest BCUT2D eigenvalue weighted by Gasteiger charge is 2.37. The molecule has 0 amide bonds. The van der Waals surface area contributed by atoms with E-state index in [4.69, 9.17) is 5.73 Å². The summed E-state index contributed by atoms with van der Waals surface area (Å²) in [6.07, 6.45) is 5.06. The maximum absolute atomic E-state index is 10.5. The van der Waals surface area contributed by atoms with Gasteiger partial charge in [-0.3, -0.25) is 0 Å². The summed E-state index contributed by atoms with van der Waals surface area (Å²) in [5.74, 6) is 0. The lowest BCUT2D eigenvalue weighted by Crippen LogP contribution is -2.49. The van der Waals surface area contributed by atoms with Gasteiger partial charge in [-0.15, -0.1) is 0 Å². The number of nitrogens with zero attached hydrogens (tertiary/aromatic N) is 2. The highest BCUT2D eigenvalue weighted by atomic mass is 16.3. The molecule has 0 spiro atoms. The van der Waals surface area contributed by atoms with Gasteiger partial charge in [0.25, 0.3) is 0 Å². The Morgan fingerprint density at radius 1 is 1.62 bits per heavy atom. The lowest BCUT2D eigenvalue weighted by atomic mass is 9.84. The van der Waals surface area contributed by atoms with Crippen molar-refractivity contribution in [3.8, 4) is 0 Å². The normalized spacial score (nSPS) is 21.9. The number of rotatable bonds is 3. The van der Waals surface area contributed by atoms with Crippen molar-refractivity contribution in [3.05, 3.63) is 18.2 Å². The number of imidazole rings is 1. The molecule has 1 aromatic rings. The van der Waals surface area contributed by atoms with Crippen molar-refractivity contribution in [2.45, 2.75) is 38.0 Å². The van der Waals surface area contributed by atoms with Crippen molar-refractivity contribution >= 4 is 0 Å². The Morgan fingerprint density at radius 3 is 2.88 bits per heavy atom. The summed E-state index contributed by atoms with van der Waals surface area (Å²) in [5, 5.41) is 13.7. The Labute approximate surface area is 95.7 Å². The maximum Gasteiger partial charge on any atom is 0.0950 e. The van der Waals surface area contributed by atoms with Crippen LogP contribution in [0.25, 0.3) is 0 Å². The first-order chi connectivity index (χ1) is 7.65. The van der Waals surface area contributed by atoms with Crippen LogP contribution in [-0.4, -0.2) is 33.3 Å². The number of piperidine rings is 1. The van der Waals surface area contributed by atoms with E-state index in [1.54, 1.807) is 6.33 Å². The Hall–Kier alpha value is -0.910. The van der Waals surface area contributed by atoms with E-state index in [1.165, 1.54) is 0 Å². The van der Waals surface area contributed by atoms with Crippen molar-refractivity contribution in [2.75, 3.05) is 13.1 Å². The number of hydrogen-bond acceptors (Lipinski definition) is 4. The summed E-state index contributed by atoms with van der Waals surface area (Å²) in [5.41, 5.74) is 6.09. The second kappa shape index (κ2) is 4.53. The molecule has 0 radical (unpaired) electrons. The summed E-state index contributed by atoms with van der Waals surface area (Å²) < 4.78 is 1.97. The molecule has 2 rings (SSSR count). The molecule has 90 valence electrons. The minimum Gasteiger partial charge on any atom is -0.388 e. The van der Waals surface area contributed by atoms with Gasteiger partial charge in [0.15, 0.2) is 0 Å². The van der Waals surface area contributed by atoms with Crippen LogP contribution >= 0.6 is 0 Å². The smallest absolute Gasteiger partial charge is 0.0950 e. The molecule has 0 saturated carbocycles.